The van der Waals surface area contributed by atoms with Crippen molar-refractivity contribution in [1.82, 2.24) is 5.32 Å². The van der Waals surface area contributed by atoms with Crippen molar-refractivity contribution in [1.29, 1.82) is 0 Å². The van der Waals surface area contributed by atoms with E-state index < -0.39 is 0 Å². The number of para-hydroxylation sites is 1. The van der Waals surface area contributed by atoms with Gasteiger partial charge in [-0.15, -0.1) is 0 Å². The average molecular weight is 315 g/mol. The van der Waals surface area contributed by atoms with E-state index >= 15 is 0 Å². The van der Waals surface area contributed by atoms with Crippen LogP contribution in [-0.2, 0) is 4.79 Å². The number of nitrogens with one attached hydrogen (secondary N) is 2. The molecule has 0 heterocycles. The van der Waals surface area contributed by atoms with Crippen molar-refractivity contribution in [3.8, 4) is 5.75 Å². The van der Waals surface area contributed by atoms with E-state index in [1.165, 1.54) is 0 Å². The van der Waals surface area contributed by atoms with E-state index in [0.717, 1.165) is 13.0 Å². The third kappa shape index (κ3) is 5.06. The first kappa shape index (κ1) is 15.0. The second kappa shape index (κ2) is 7.38. The number of hydrogen-bond acceptors (Lipinski definition) is 3. The summed E-state index contributed by atoms with van der Waals surface area (Å²) in [5, 5.41) is 15.7. The summed E-state index contributed by atoms with van der Waals surface area (Å²) in [6, 6.07) is 5.59. The van der Waals surface area contributed by atoms with Gasteiger partial charge in [0.1, 0.15) is 0 Å². The highest BCUT2D eigenvalue weighted by Crippen LogP contribution is 2.31. The van der Waals surface area contributed by atoms with E-state index in [1.54, 1.807) is 18.2 Å². The van der Waals surface area contributed by atoms with Crippen molar-refractivity contribution in [3.05, 3.63) is 22.7 Å². The minimum absolute atomic E-state index is 0.0613. The van der Waals surface area contributed by atoms with Gasteiger partial charge in [0.2, 0.25) is 5.91 Å². The molecule has 0 unspecified atom stereocenters. The van der Waals surface area contributed by atoms with Gasteiger partial charge in [0.05, 0.1) is 10.2 Å². The van der Waals surface area contributed by atoms with Gasteiger partial charge in [0.25, 0.3) is 0 Å². The molecule has 0 radical (unpaired) electrons. The Hall–Kier alpha value is -1.07. The summed E-state index contributed by atoms with van der Waals surface area (Å²) in [6.07, 6.45) is 1.21. The summed E-state index contributed by atoms with van der Waals surface area (Å²) in [7, 11) is 0. The van der Waals surface area contributed by atoms with Crippen LogP contribution >= 0.6 is 15.9 Å². The van der Waals surface area contributed by atoms with Crippen molar-refractivity contribution < 1.29 is 9.90 Å². The highest BCUT2D eigenvalue weighted by atomic mass is 79.9. The SMILES string of the molecule is CC(C)NCCCC(=O)Nc1cccc(Br)c1O. The molecule has 0 atom stereocenters. The summed E-state index contributed by atoms with van der Waals surface area (Å²) in [5.74, 6) is -0.0277. The zero-order valence-corrected chi connectivity index (χ0v) is 12.3. The van der Waals surface area contributed by atoms with Gasteiger partial charge in [-0.05, 0) is 41.0 Å². The topological polar surface area (TPSA) is 61.4 Å². The lowest BCUT2D eigenvalue weighted by Crippen LogP contribution is -2.24. The van der Waals surface area contributed by atoms with Crippen molar-refractivity contribution >= 4 is 27.5 Å². The molecular weight excluding hydrogens is 296 g/mol. The van der Waals surface area contributed by atoms with Crippen LogP contribution in [0.1, 0.15) is 26.7 Å². The Morgan fingerprint density at radius 1 is 1.44 bits per heavy atom. The van der Waals surface area contributed by atoms with Gasteiger partial charge in [-0.1, -0.05) is 19.9 Å². The molecule has 4 nitrogen and oxygen atoms in total. The lowest BCUT2D eigenvalue weighted by Gasteiger charge is -2.09. The first-order valence-corrected chi connectivity index (χ1v) is 6.80. The lowest BCUT2D eigenvalue weighted by molar-refractivity contribution is -0.116. The van der Waals surface area contributed by atoms with Crippen LogP contribution in [0.15, 0.2) is 22.7 Å². The van der Waals surface area contributed by atoms with Gasteiger partial charge in [-0.2, -0.15) is 0 Å². The van der Waals surface area contributed by atoms with Gasteiger partial charge >= 0.3 is 0 Å². The summed E-state index contributed by atoms with van der Waals surface area (Å²) in [4.78, 5) is 11.7. The Bertz CT molecular complexity index is 408. The quantitative estimate of drug-likeness (QED) is 0.559. The average Bonchev–Trinajstić information content (AvgIpc) is 2.30. The molecule has 1 rings (SSSR count). The fourth-order valence-electron chi connectivity index (χ4n) is 1.47. The second-order valence-corrected chi connectivity index (χ2v) is 5.25. The molecule has 0 spiro atoms. The smallest absolute Gasteiger partial charge is 0.224 e. The maximum atomic E-state index is 11.7. The van der Waals surface area contributed by atoms with Crippen LogP contribution < -0.4 is 10.6 Å². The van der Waals surface area contributed by atoms with E-state index in [2.05, 4.69) is 40.4 Å². The number of rotatable bonds is 6. The minimum atomic E-state index is -0.0889. The molecule has 1 aromatic rings. The molecule has 0 fully saturated rings. The highest BCUT2D eigenvalue weighted by molar-refractivity contribution is 9.10. The fourth-order valence-corrected chi connectivity index (χ4v) is 1.83. The van der Waals surface area contributed by atoms with Crippen LogP contribution in [0.3, 0.4) is 0 Å². The Balaban J connectivity index is 2.38. The predicted molar refractivity (Wildman–Crippen MR) is 76.8 cm³/mol. The van der Waals surface area contributed by atoms with Crippen LogP contribution in [0.2, 0.25) is 0 Å². The van der Waals surface area contributed by atoms with Crippen LogP contribution in [0.4, 0.5) is 5.69 Å². The largest absolute Gasteiger partial charge is 0.505 e. The normalized spacial score (nSPS) is 10.7. The van der Waals surface area contributed by atoms with Crippen LogP contribution in [0, 0.1) is 0 Å². The molecule has 5 heteroatoms. The maximum Gasteiger partial charge on any atom is 0.224 e. The fraction of sp³-hybridized carbons (Fsp3) is 0.462. The number of aromatic hydroxyl groups is 1. The number of phenolic OH excluding ortho intramolecular Hbond substituents is 1. The standard InChI is InChI=1S/C13H19BrN2O2/c1-9(2)15-8-4-7-12(17)16-11-6-3-5-10(14)13(11)18/h3,5-6,9,15,18H,4,7-8H2,1-2H3,(H,16,17). The second-order valence-electron chi connectivity index (χ2n) is 4.40. The molecule has 1 aromatic carbocycles. The number of phenols is 1. The number of carbonyl (C=O) groups excluding carboxylic acids is 1. The Morgan fingerprint density at radius 3 is 2.83 bits per heavy atom. The van der Waals surface area contributed by atoms with Gasteiger partial charge in [0, 0.05) is 12.5 Å². The minimum Gasteiger partial charge on any atom is -0.505 e. The molecule has 0 aliphatic heterocycles. The molecule has 100 valence electrons. The van der Waals surface area contributed by atoms with E-state index in [-0.39, 0.29) is 11.7 Å². The van der Waals surface area contributed by atoms with Crippen molar-refractivity contribution in [3.63, 3.8) is 0 Å². The van der Waals surface area contributed by atoms with Gasteiger partial charge in [-0.3, -0.25) is 4.79 Å². The molecule has 0 aliphatic carbocycles. The number of amides is 1. The lowest BCUT2D eigenvalue weighted by atomic mass is 10.2. The molecule has 3 N–H and O–H groups in total. The summed E-state index contributed by atoms with van der Waals surface area (Å²) < 4.78 is 0.571. The number of carbonyl (C=O) groups is 1. The number of anilines is 1. The zero-order valence-electron chi connectivity index (χ0n) is 10.7. The van der Waals surface area contributed by atoms with Gasteiger partial charge < -0.3 is 15.7 Å². The first-order valence-electron chi connectivity index (χ1n) is 6.01. The molecular formula is C13H19BrN2O2. The van der Waals surface area contributed by atoms with Crippen LogP contribution in [-0.4, -0.2) is 23.6 Å². The first-order chi connectivity index (χ1) is 8.50. The molecule has 0 aromatic heterocycles. The van der Waals surface area contributed by atoms with Gasteiger partial charge in [0.15, 0.2) is 5.75 Å². The molecule has 0 bridgehead atoms. The van der Waals surface area contributed by atoms with Crippen LogP contribution in [0.25, 0.3) is 0 Å². The monoisotopic (exact) mass is 314 g/mol. The van der Waals surface area contributed by atoms with E-state index in [4.69, 9.17) is 0 Å². The number of hydrogen-bond donors (Lipinski definition) is 3. The summed E-state index contributed by atoms with van der Waals surface area (Å²) >= 11 is 3.20. The summed E-state index contributed by atoms with van der Waals surface area (Å²) in [5.41, 5.74) is 0.436. The third-order valence-electron chi connectivity index (χ3n) is 2.39. The van der Waals surface area contributed by atoms with E-state index in [1.807, 2.05) is 0 Å². The molecule has 1 amide bonds. The zero-order chi connectivity index (χ0) is 13.5. The Morgan fingerprint density at radius 2 is 2.17 bits per heavy atom. The van der Waals surface area contributed by atoms with E-state index in [0.29, 0.717) is 22.6 Å². The van der Waals surface area contributed by atoms with Crippen molar-refractivity contribution in [2.45, 2.75) is 32.7 Å². The van der Waals surface area contributed by atoms with Crippen LogP contribution in [0.5, 0.6) is 5.75 Å². The Kier molecular flexibility index (Phi) is 6.15. The van der Waals surface area contributed by atoms with Crippen molar-refractivity contribution in [2.75, 3.05) is 11.9 Å². The Labute approximate surface area is 116 Å². The molecule has 0 saturated heterocycles. The number of halogens is 1. The molecule has 0 saturated carbocycles. The van der Waals surface area contributed by atoms with Crippen molar-refractivity contribution in [2.24, 2.45) is 0 Å². The van der Waals surface area contributed by atoms with Gasteiger partial charge in [-0.25, -0.2) is 0 Å². The predicted octanol–water partition coefficient (Wildman–Crippen LogP) is 2.87. The highest BCUT2D eigenvalue weighted by Gasteiger charge is 2.08. The van der Waals surface area contributed by atoms with E-state index in [9.17, 15) is 9.90 Å². The third-order valence-corrected chi connectivity index (χ3v) is 3.03. The number of benzene rings is 1. The molecule has 0 aliphatic rings. The molecule has 18 heavy (non-hydrogen) atoms. The summed E-state index contributed by atoms with van der Waals surface area (Å²) in [6.45, 7) is 4.95. The maximum absolute atomic E-state index is 11.7.